The van der Waals surface area contributed by atoms with E-state index in [-0.39, 0.29) is 43.3 Å². The molecule has 6 rings (SSSR count). The zero-order valence-electron chi connectivity index (χ0n) is 34.1. The number of ether oxygens (including phenoxy) is 8. The standard InChI is InChI=1S/C43H50N4O8.3ClH/c1-48-36-11-9-10-35(41(36)53-6)47(27-29-13-17-45-34(21-29)31-24-39(51-4)43(55-8)40(25-31)52-5)32-14-18-46(19-15-32)26-28-12-16-44-33(20-28)30-22-37(49-2)42(54-7)38(23-30)50-3;;;/h9-13,16-17,20-25,32H,14-15,18-19,26-27H2,1-8H3;3*1H. The van der Waals surface area contributed by atoms with Gasteiger partial charge in [-0.05, 0) is 84.6 Å². The van der Waals surface area contributed by atoms with Gasteiger partial charge in [0.25, 0.3) is 0 Å². The molecule has 314 valence electrons. The highest BCUT2D eigenvalue weighted by Crippen LogP contribution is 2.43. The van der Waals surface area contributed by atoms with Crippen LogP contribution in [0.4, 0.5) is 5.69 Å². The number of rotatable bonds is 16. The fourth-order valence-electron chi connectivity index (χ4n) is 7.27. The Labute approximate surface area is 359 Å². The van der Waals surface area contributed by atoms with E-state index in [4.69, 9.17) is 42.9 Å². The Morgan fingerprint density at radius 1 is 0.534 bits per heavy atom. The Morgan fingerprint density at radius 2 is 0.983 bits per heavy atom. The van der Waals surface area contributed by atoms with Crippen molar-refractivity contribution >= 4 is 42.9 Å². The fraction of sp³-hybridized carbons (Fsp3) is 0.349. The first-order valence-corrected chi connectivity index (χ1v) is 18.1. The number of aromatic nitrogens is 2. The van der Waals surface area contributed by atoms with E-state index in [1.54, 1.807) is 56.9 Å². The molecule has 1 aliphatic rings. The summed E-state index contributed by atoms with van der Waals surface area (Å²) in [4.78, 5) is 14.3. The second-order valence-electron chi connectivity index (χ2n) is 13.1. The molecule has 0 unspecified atom stereocenters. The summed E-state index contributed by atoms with van der Waals surface area (Å²) in [5.74, 6) is 4.82. The second kappa shape index (κ2) is 22.2. The van der Waals surface area contributed by atoms with E-state index in [1.165, 1.54) is 5.56 Å². The van der Waals surface area contributed by atoms with Gasteiger partial charge in [0.2, 0.25) is 11.5 Å². The maximum atomic E-state index is 5.97. The average Bonchev–Trinajstić information content (AvgIpc) is 3.24. The van der Waals surface area contributed by atoms with Crippen molar-refractivity contribution in [1.82, 2.24) is 14.9 Å². The van der Waals surface area contributed by atoms with Crippen LogP contribution in [0.2, 0.25) is 0 Å². The lowest BCUT2D eigenvalue weighted by Gasteiger charge is -2.40. The summed E-state index contributed by atoms with van der Waals surface area (Å²) in [5, 5.41) is 0. The van der Waals surface area contributed by atoms with E-state index < -0.39 is 0 Å². The number of pyridine rings is 2. The Balaban J connectivity index is 0.00000300. The minimum absolute atomic E-state index is 0. The van der Waals surface area contributed by atoms with Crippen molar-refractivity contribution in [3.8, 4) is 68.5 Å². The Hall–Kier alpha value is -5.01. The third-order valence-corrected chi connectivity index (χ3v) is 10.0. The smallest absolute Gasteiger partial charge is 0.203 e. The number of anilines is 1. The maximum Gasteiger partial charge on any atom is 0.203 e. The number of para-hydroxylation sites is 1. The molecule has 1 aliphatic heterocycles. The summed E-state index contributed by atoms with van der Waals surface area (Å²) >= 11 is 0. The predicted molar refractivity (Wildman–Crippen MR) is 234 cm³/mol. The van der Waals surface area contributed by atoms with Crippen molar-refractivity contribution in [2.24, 2.45) is 0 Å². The molecule has 3 heterocycles. The van der Waals surface area contributed by atoms with E-state index in [0.29, 0.717) is 52.5 Å². The molecule has 3 aromatic carbocycles. The summed E-state index contributed by atoms with van der Waals surface area (Å²) in [6, 6.07) is 22.4. The highest BCUT2D eigenvalue weighted by atomic mass is 35.5. The quantitative estimate of drug-likeness (QED) is 0.0947. The van der Waals surface area contributed by atoms with Crippen molar-refractivity contribution in [1.29, 1.82) is 0 Å². The molecule has 0 radical (unpaired) electrons. The predicted octanol–water partition coefficient (Wildman–Crippen LogP) is 8.82. The molecule has 0 bridgehead atoms. The van der Waals surface area contributed by atoms with Crippen LogP contribution in [-0.2, 0) is 13.1 Å². The third-order valence-electron chi connectivity index (χ3n) is 10.0. The number of hydrogen-bond donors (Lipinski definition) is 0. The SMILES string of the molecule is COc1cc(-c2cc(CN3CCC(N(Cc4ccnc(-c5cc(OC)c(OC)c(OC)c5)c4)c4cccc(OC)c4OC)CC3)ccn2)cc(OC)c1OC.Cl.Cl.Cl. The number of halogens is 3. The molecule has 0 aliphatic carbocycles. The number of likely N-dealkylation sites (tertiary alicyclic amines) is 1. The van der Waals surface area contributed by atoms with Gasteiger partial charge in [-0.15, -0.1) is 37.2 Å². The van der Waals surface area contributed by atoms with E-state index in [1.807, 2.05) is 48.8 Å². The van der Waals surface area contributed by atoms with E-state index in [9.17, 15) is 0 Å². The molecule has 1 fully saturated rings. The minimum Gasteiger partial charge on any atom is -0.493 e. The first-order chi connectivity index (χ1) is 26.9. The van der Waals surface area contributed by atoms with Crippen LogP contribution in [0.5, 0.6) is 46.0 Å². The third kappa shape index (κ3) is 10.3. The lowest BCUT2D eigenvalue weighted by Crippen LogP contribution is -2.44. The molecule has 0 atom stereocenters. The zero-order valence-corrected chi connectivity index (χ0v) is 36.6. The van der Waals surface area contributed by atoms with E-state index in [0.717, 1.165) is 66.2 Å². The lowest BCUT2D eigenvalue weighted by molar-refractivity contribution is 0.200. The van der Waals surface area contributed by atoms with Crippen LogP contribution >= 0.6 is 37.2 Å². The topological polar surface area (TPSA) is 106 Å². The molecular formula is C43H53Cl3N4O8. The highest BCUT2D eigenvalue weighted by Gasteiger charge is 2.28. The van der Waals surface area contributed by atoms with Gasteiger partial charge in [-0.25, -0.2) is 0 Å². The molecule has 12 nitrogen and oxygen atoms in total. The molecule has 0 spiro atoms. The summed E-state index contributed by atoms with van der Waals surface area (Å²) in [6.07, 6.45) is 5.61. The van der Waals surface area contributed by atoms with Gasteiger partial charge in [-0.1, -0.05) is 6.07 Å². The van der Waals surface area contributed by atoms with Crippen LogP contribution in [-0.4, -0.2) is 90.9 Å². The lowest BCUT2D eigenvalue weighted by atomic mass is 9.99. The van der Waals surface area contributed by atoms with Gasteiger partial charge in [0.05, 0.1) is 74.0 Å². The molecule has 5 aromatic rings. The number of nitrogens with zero attached hydrogens (tertiary/aromatic N) is 4. The van der Waals surface area contributed by atoms with Crippen molar-refractivity contribution in [2.75, 3.05) is 74.9 Å². The zero-order chi connectivity index (χ0) is 38.9. The van der Waals surface area contributed by atoms with Gasteiger partial charge in [0.15, 0.2) is 34.5 Å². The summed E-state index contributed by atoms with van der Waals surface area (Å²) in [5.41, 5.74) is 6.65. The molecule has 15 heteroatoms. The van der Waals surface area contributed by atoms with Gasteiger partial charge in [0.1, 0.15) is 0 Å². The van der Waals surface area contributed by atoms with Gasteiger partial charge in [-0.3, -0.25) is 14.9 Å². The first kappa shape index (κ1) is 47.4. The molecule has 2 aromatic heterocycles. The van der Waals surface area contributed by atoms with Crippen molar-refractivity contribution in [3.05, 3.63) is 90.3 Å². The van der Waals surface area contributed by atoms with Gasteiger partial charge < -0.3 is 42.8 Å². The van der Waals surface area contributed by atoms with Gasteiger partial charge in [0, 0.05) is 55.7 Å². The van der Waals surface area contributed by atoms with Crippen LogP contribution in [0.15, 0.2) is 79.1 Å². The number of methoxy groups -OCH3 is 8. The summed E-state index contributed by atoms with van der Waals surface area (Å²) < 4.78 is 45.2. The molecule has 58 heavy (non-hydrogen) atoms. The number of hydrogen-bond acceptors (Lipinski definition) is 12. The summed E-state index contributed by atoms with van der Waals surface area (Å²) in [7, 11) is 13.0. The second-order valence-corrected chi connectivity index (χ2v) is 13.1. The molecule has 0 N–H and O–H groups in total. The minimum atomic E-state index is 0. The summed E-state index contributed by atoms with van der Waals surface area (Å²) in [6.45, 7) is 3.28. The van der Waals surface area contributed by atoms with Crippen LogP contribution < -0.4 is 42.8 Å². The van der Waals surface area contributed by atoms with Crippen LogP contribution in [0, 0.1) is 0 Å². The molecule has 1 saturated heterocycles. The Bertz CT molecular complexity index is 2030. The average molecular weight is 860 g/mol. The first-order valence-electron chi connectivity index (χ1n) is 18.1. The van der Waals surface area contributed by atoms with E-state index in [2.05, 4.69) is 45.1 Å². The van der Waals surface area contributed by atoms with Crippen molar-refractivity contribution in [3.63, 3.8) is 0 Å². The Kier molecular flexibility index (Phi) is 18.1. The number of benzene rings is 3. The van der Waals surface area contributed by atoms with Crippen LogP contribution in [0.1, 0.15) is 24.0 Å². The van der Waals surface area contributed by atoms with Crippen LogP contribution in [0.25, 0.3) is 22.5 Å². The molecule has 0 amide bonds. The van der Waals surface area contributed by atoms with E-state index >= 15 is 0 Å². The number of piperidine rings is 1. The van der Waals surface area contributed by atoms with Gasteiger partial charge >= 0.3 is 0 Å². The van der Waals surface area contributed by atoms with Crippen molar-refractivity contribution in [2.45, 2.75) is 32.0 Å². The maximum absolute atomic E-state index is 5.97. The monoisotopic (exact) mass is 858 g/mol. The molecular weight excluding hydrogens is 807 g/mol. The normalized spacial score (nSPS) is 12.5. The largest absolute Gasteiger partial charge is 0.493 e. The van der Waals surface area contributed by atoms with Gasteiger partial charge in [-0.2, -0.15) is 0 Å². The van der Waals surface area contributed by atoms with Crippen LogP contribution in [0.3, 0.4) is 0 Å². The fourth-order valence-corrected chi connectivity index (χ4v) is 7.27. The Morgan fingerprint density at radius 3 is 1.43 bits per heavy atom. The highest BCUT2D eigenvalue weighted by molar-refractivity contribution is 5.86. The molecule has 0 saturated carbocycles. The van der Waals surface area contributed by atoms with Crippen molar-refractivity contribution < 1.29 is 37.9 Å².